The van der Waals surface area contributed by atoms with Crippen molar-refractivity contribution in [2.45, 2.75) is 32.6 Å². The van der Waals surface area contributed by atoms with E-state index in [1.54, 1.807) is 6.92 Å². The van der Waals surface area contributed by atoms with Crippen LogP contribution in [0.4, 0.5) is 10.5 Å². The van der Waals surface area contributed by atoms with Crippen molar-refractivity contribution < 1.29 is 18.8 Å². The van der Waals surface area contributed by atoms with Crippen molar-refractivity contribution in [3.63, 3.8) is 0 Å². The number of carbonyl (C=O) groups is 3. The average Bonchev–Trinajstić information content (AvgIpc) is 2.73. The number of likely N-dealkylation sites (N-methyl/N-ethyl adjacent to an activating group) is 1. The number of nitrogens with one attached hydrogen (secondary N) is 1. The van der Waals surface area contributed by atoms with Gasteiger partial charge >= 0.3 is 11.7 Å². The molecule has 8 nitrogen and oxygen atoms in total. The Balaban J connectivity index is 1.73. The van der Waals surface area contributed by atoms with Crippen LogP contribution in [-0.4, -0.2) is 42.9 Å². The largest absolute Gasteiger partial charge is 0.422 e. The maximum Gasteiger partial charge on any atom is 0.343 e. The number of aryl methyl sites for hydroxylation is 3. The van der Waals surface area contributed by atoms with Crippen molar-refractivity contribution in [2.24, 2.45) is 0 Å². The fourth-order valence-electron chi connectivity index (χ4n) is 4.73. The van der Waals surface area contributed by atoms with Crippen molar-refractivity contribution in [1.29, 1.82) is 0 Å². The van der Waals surface area contributed by atoms with Crippen molar-refractivity contribution in [2.75, 3.05) is 25.0 Å². The van der Waals surface area contributed by atoms with Crippen LogP contribution in [-0.2, 0) is 22.4 Å². The summed E-state index contributed by atoms with van der Waals surface area (Å²) in [5.74, 6) is -1.57. The number of rotatable bonds is 1. The number of benzene rings is 1. The highest BCUT2D eigenvalue weighted by Gasteiger charge is 2.34. The number of carbonyl (C=O) groups excluding carboxylic acids is 3. The molecule has 0 atom stereocenters. The van der Waals surface area contributed by atoms with Crippen molar-refractivity contribution in [3.05, 3.63) is 44.3 Å². The van der Waals surface area contributed by atoms with E-state index in [1.807, 2.05) is 0 Å². The normalized spacial score (nSPS) is 20.1. The summed E-state index contributed by atoms with van der Waals surface area (Å²) in [5.41, 5.74) is 4.07. The summed E-state index contributed by atoms with van der Waals surface area (Å²) < 4.78 is 5.75. The standard InChI is InChI=1S/C22H21N3O5/c1-11-14-9-12-5-3-7-25-8-4-6-13(17(12)25)18(14)30-21(28)15(11)10-16-19(26)23-22(29)24(2)20(16)27/h9-10H,3-8H2,1-2H3,(H,23,26,29)/b16-10-. The molecule has 3 aliphatic heterocycles. The van der Waals surface area contributed by atoms with E-state index in [0.29, 0.717) is 11.1 Å². The van der Waals surface area contributed by atoms with Gasteiger partial charge in [-0.05, 0) is 55.9 Å². The first-order valence-corrected chi connectivity index (χ1v) is 10.1. The highest BCUT2D eigenvalue weighted by Crippen LogP contribution is 2.40. The number of barbiturate groups is 1. The Bertz CT molecular complexity index is 1240. The zero-order chi connectivity index (χ0) is 21.2. The van der Waals surface area contributed by atoms with Crippen LogP contribution in [0.15, 0.2) is 20.9 Å². The fraction of sp³-hybridized carbons (Fsp3) is 0.364. The summed E-state index contributed by atoms with van der Waals surface area (Å²) in [5, 5.41) is 2.92. The van der Waals surface area contributed by atoms with Crippen molar-refractivity contribution in [1.82, 2.24) is 10.2 Å². The van der Waals surface area contributed by atoms with E-state index in [1.165, 1.54) is 24.4 Å². The van der Waals surface area contributed by atoms with E-state index in [9.17, 15) is 19.2 Å². The van der Waals surface area contributed by atoms with Gasteiger partial charge in [-0.25, -0.2) is 9.59 Å². The van der Waals surface area contributed by atoms with E-state index in [2.05, 4.69) is 16.3 Å². The Kier molecular flexibility index (Phi) is 4.06. The van der Waals surface area contributed by atoms with Gasteiger partial charge in [0.15, 0.2) is 0 Å². The zero-order valence-corrected chi connectivity index (χ0v) is 16.8. The minimum Gasteiger partial charge on any atom is -0.422 e. The van der Waals surface area contributed by atoms with Gasteiger partial charge in [-0.3, -0.25) is 19.8 Å². The predicted molar refractivity (Wildman–Crippen MR) is 110 cm³/mol. The minimum absolute atomic E-state index is 0.152. The van der Waals surface area contributed by atoms with Gasteiger partial charge in [0.25, 0.3) is 11.8 Å². The smallest absolute Gasteiger partial charge is 0.343 e. The quantitative estimate of drug-likeness (QED) is 0.440. The lowest BCUT2D eigenvalue weighted by atomic mass is 9.88. The summed E-state index contributed by atoms with van der Waals surface area (Å²) in [6.07, 6.45) is 5.15. The Hall–Kier alpha value is -3.42. The third kappa shape index (κ3) is 2.59. The van der Waals surface area contributed by atoms with Gasteiger partial charge in [0.05, 0.1) is 5.56 Å². The summed E-state index contributed by atoms with van der Waals surface area (Å²) >= 11 is 0. The molecular formula is C22H21N3O5. The van der Waals surface area contributed by atoms with Crippen molar-refractivity contribution in [3.8, 4) is 0 Å². The highest BCUT2D eigenvalue weighted by molar-refractivity contribution is 6.30. The molecule has 4 amide bonds. The first-order chi connectivity index (χ1) is 14.4. The molecule has 3 aliphatic rings. The first-order valence-electron chi connectivity index (χ1n) is 10.1. The maximum atomic E-state index is 12.9. The monoisotopic (exact) mass is 407 g/mol. The number of hydrogen-bond acceptors (Lipinski definition) is 6. The molecule has 30 heavy (non-hydrogen) atoms. The molecule has 4 heterocycles. The van der Waals surface area contributed by atoms with Crippen LogP contribution in [0, 0.1) is 6.92 Å². The molecule has 0 spiro atoms. The van der Waals surface area contributed by atoms with Gasteiger partial charge in [0.2, 0.25) is 0 Å². The second-order valence-corrected chi connectivity index (χ2v) is 8.04. The molecule has 1 N–H and O–H groups in total. The average molecular weight is 407 g/mol. The number of imide groups is 2. The summed E-state index contributed by atoms with van der Waals surface area (Å²) in [6, 6.07) is 1.28. The molecule has 8 heteroatoms. The van der Waals surface area contributed by atoms with Crippen LogP contribution < -0.4 is 15.8 Å². The number of urea groups is 1. The summed E-state index contributed by atoms with van der Waals surface area (Å²) in [6.45, 7) is 3.83. The number of nitrogens with zero attached hydrogens (tertiary/aromatic N) is 2. The van der Waals surface area contributed by atoms with Gasteiger partial charge in [-0.1, -0.05) is 0 Å². The minimum atomic E-state index is -0.821. The van der Waals surface area contributed by atoms with Crippen molar-refractivity contribution >= 4 is 40.6 Å². The second kappa shape index (κ2) is 6.55. The van der Waals surface area contributed by atoms with E-state index in [-0.39, 0.29) is 11.1 Å². The molecule has 2 aromatic rings. The zero-order valence-electron chi connectivity index (χ0n) is 16.8. The SMILES string of the molecule is Cc1c(/C=C2/C(=O)NC(=O)N(C)C2=O)c(=O)oc2c3c4c(cc12)CCCN4CCC3. The molecule has 1 aromatic heterocycles. The predicted octanol–water partition coefficient (Wildman–Crippen LogP) is 1.89. The molecule has 0 radical (unpaired) electrons. The topological polar surface area (TPSA) is 99.9 Å². The van der Waals surface area contributed by atoms with E-state index >= 15 is 0 Å². The maximum absolute atomic E-state index is 12.9. The highest BCUT2D eigenvalue weighted by atomic mass is 16.4. The number of hydrogen-bond donors (Lipinski definition) is 1. The molecule has 5 rings (SSSR count). The third-order valence-electron chi connectivity index (χ3n) is 6.29. The van der Waals surface area contributed by atoms with E-state index < -0.39 is 23.5 Å². The lowest BCUT2D eigenvalue weighted by molar-refractivity contribution is -0.129. The summed E-state index contributed by atoms with van der Waals surface area (Å²) in [7, 11) is 1.27. The summed E-state index contributed by atoms with van der Waals surface area (Å²) in [4.78, 5) is 52.3. The fourth-order valence-corrected chi connectivity index (χ4v) is 4.73. The molecular weight excluding hydrogens is 386 g/mol. The molecule has 1 saturated heterocycles. The number of anilines is 1. The first kappa shape index (κ1) is 18.6. The lowest BCUT2D eigenvalue weighted by Gasteiger charge is -2.37. The molecule has 0 aliphatic carbocycles. The van der Waals surface area contributed by atoms with Gasteiger partial charge in [-0.15, -0.1) is 0 Å². The van der Waals surface area contributed by atoms with Crippen LogP contribution in [0.1, 0.15) is 35.1 Å². The van der Waals surface area contributed by atoms with Gasteiger partial charge in [-0.2, -0.15) is 0 Å². The van der Waals surface area contributed by atoms with Gasteiger partial charge < -0.3 is 9.32 Å². The Labute approximate surface area is 172 Å². The Morgan fingerprint density at radius 3 is 2.60 bits per heavy atom. The molecule has 1 aromatic carbocycles. The van der Waals surface area contributed by atoms with Crippen LogP contribution in [0.3, 0.4) is 0 Å². The Morgan fingerprint density at radius 1 is 1.10 bits per heavy atom. The molecule has 0 unspecified atom stereocenters. The molecule has 0 saturated carbocycles. The third-order valence-corrected chi connectivity index (χ3v) is 6.29. The second-order valence-electron chi connectivity index (χ2n) is 8.04. The molecule has 0 bridgehead atoms. The van der Waals surface area contributed by atoms with Crippen LogP contribution in [0.25, 0.3) is 17.0 Å². The van der Waals surface area contributed by atoms with E-state index in [4.69, 9.17) is 4.42 Å². The van der Waals surface area contributed by atoms with E-state index in [0.717, 1.165) is 54.6 Å². The van der Waals surface area contributed by atoms with Crippen LogP contribution >= 0.6 is 0 Å². The van der Waals surface area contributed by atoms with Gasteiger partial charge in [0.1, 0.15) is 11.2 Å². The molecule has 1 fully saturated rings. The van der Waals surface area contributed by atoms with Crippen LogP contribution in [0.2, 0.25) is 0 Å². The van der Waals surface area contributed by atoms with Gasteiger partial charge in [0, 0.05) is 36.8 Å². The lowest BCUT2D eigenvalue weighted by Crippen LogP contribution is -2.52. The van der Waals surface area contributed by atoms with Crippen LogP contribution in [0.5, 0.6) is 0 Å². The number of amides is 4. The molecule has 154 valence electrons. The number of fused-ring (bicyclic) bond motifs is 2. The Morgan fingerprint density at radius 2 is 1.83 bits per heavy atom.